The molecule has 2 aliphatic carbocycles. The molecular formula is C19H26ClF3N2O. The van der Waals surface area contributed by atoms with Crippen molar-refractivity contribution in [1.29, 1.82) is 0 Å². The van der Waals surface area contributed by atoms with Crippen molar-refractivity contribution in [3.05, 3.63) is 35.9 Å². The van der Waals surface area contributed by atoms with E-state index in [0.29, 0.717) is 18.4 Å². The number of rotatable bonds is 4. The van der Waals surface area contributed by atoms with Crippen LogP contribution in [0.25, 0.3) is 0 Å². The van der Waals surface area contributed by atoms with Gasteiger partial charge >= 0.3 is 6.18 Å². The quantitative estimate of drug-likeness (QED) is 0.820. The normalized spacial score (nSPS) is 29.4. The monoisotopic (exact) mass is 390 g/mol. The van der Waals surface area contributed by atoms with Crippen LogP contribution in [-0.4, -0.2) is 24.2 Å². The fraction of sp³-hybridized carbons (Fsp3) is 0.632. The van der Waals surface area contributed by atoms with Crippen LogP contribution in [0.3, 0.4) is 0 Å². The number of fused-ring (bicyclic) bond motifs is 2. The zero-order chi connectivity index (χ0) is 18.0. The molecule has 0 spiro atoms. The van der Waals surface area contributed by atoms with Crippen LogP contribution in [0.1, 0.15) is 37.7 Å². The number of amides is 1. The van der Waals surface area contributed by atoms with E-state index in [0.717, 1.165) is 19.3 Å². The van der Waals surface area contributed by atoms with Gasteiger partial charge in [-0.2, -0.15) is 13.2 Å². The largest absolute Gasteiger partial charge is 0.408 e. The molecule has 146 valence electrons. The molecule has 1 amide bonds. The summed E-state index contributed by atoms with van der Waals surface area (Å²) in [6.45, 7) is 0. The second-order valence-electron chi connectivity index (χ2n) is 7.49. The van der Waals surface area contributed by atoms with Crippen LogP contribution < -0.4 is 11.1 Å². The first-order chi connectivity index (χ1) is 11.8. The summed E-state index contributed by atoms with van der Waals surface area (Å²) >= 11 is 0. The molecule has 2 bridgehead atoms. The topological polar surface area (TPSA) is 55.1 Å². The molecule has 0 radical (unpaired) electrons. The number of hydrogen-bond donors (Lipinski definition) is 2. The number of benzene rings is 1. The zero-order valence-electron chi connectivity index (χ0n) is 14.5. The van der Waals surface area contributed by atoms with Gasteiger partial charge in [0.05, 0.1) is 0 Å². The molecule has 3 rings (SSSR count). The third-order valence-corrected chi connectivity index (χ3v) is 5.78. The minimum absolute atomic E-state index is 0. The van der Waals surface area contributed by atoms with E-state index in [4.69, 9.17) is 5.73 Å². The van der Waals surface area contributed by atoms with E-state index < -0.39 is 18.1 Å². The standard InChI is InChI=1S/C19H25F3N2O.ClH/c20-19(21,22)16(9-12-5-2-1-3-6-12)24-18(25)15-10-13-7-4-8-14(11-15)17(13)23;/h1-3,5-6,13-17H,4,7-11,23H2,(H,24,25);1H. The number of carbonyl (C=O) groups excluding carboxylic acids is 1. The van der Waals surface area contributed by atoms with Gasteiger partial charge in [0.2, 0.25) is 5.91 Å². The Balaban J connectivity index is 0.00000243. The Labute approximate surface area is 158 Å². The van der Waals surface area contributed by atoms with E-state index in [1.54, 1.807) is 30.3 Å². The highest BCUT2D eigenvalue weighted by Crippen LogP contribution is 2.42. The first-order valence-electron chi connectivity index (χ1n) is 9.01. The lowest BCUT2D eigenvalue weighted by molar-refractivity contribution is -0.163. The van der Waals surface area contributed by atoms with Crippen molar-refractivity contribution in [3.63, 3.8) is 0 Å². The lowest BCUT2D eigenvalue weighted by Crippen LogP contribution is -2.53. The Morgan fingerprint density at radius 1 is 1.15 bits per heavy atom. The van der Waals surface area contributed by atoms with E-state index in [2.05, 4.69) is 5.32 Å². The number of nitrogens with two attached hydrogens (primary N) is 1. The molecule has 3 unspecified atom stereocenters. The minimum Gasteiger partial charge on any atom is -0.344 e. The van der Waals surface area contributed by atoms with Gasteiger partial charge in [0.25, 0.3) is 0 Å². The van der Waals surface area contributed by atoms with Crippen LogP contribution in [0.5, 0.6) is 0 Å². The third kappa shape index (κ3) is 4.92. The van der Waals surface area contributed by atoms with Crippen LogP contribution in [0.2, 0.25) is 0 Å². The van der Waals surface area contributed by atoms with E-state index >= 15 is 0 Å². The lowest BCUT2D eigenvalue weighted by Gasteiger charge is -2.43. The first kappa shape index (κ1) is 21.0. The highest BCUT2D eigenvalue weighted by atomic mass is 35.5. The molecule has 2 saturated carbocycles. The zero-order valence-corrected chi connectivity index (χ0v) is 15.4. The molecule has 1 aromatic rings. The van der Waals surface area contributed by atoms with Crippen LogP contribution in [0.4, 0.5) is 13.2 Å². The SMILES string of the molecule is Cl.NC1C2CCCC1CC(C(=O)NC(Cc1ccccc1)C(F)(F)F)C2. The molecule has 0 heterocycles. The second-order valence-corrected chi connectivity index (χ2v) is 7.49. The van der Waals surface area contributed by atoms with E-state index in [1.807, 2.05) is 0 Å². The Morgan fingerprint density at radius 3 is 2.27 bits per heavy atom. The van der Waals surface area contributed by atoms with Gasteiger partial charge in [-0.15, -0.1) is 12.4 Å². The average molecular weight is 391 g/mol. The number of nitrogens with one attached hydrogen (secondary N) is 1. The number of hydrogen-bond acceptors (Lipinski definition) is 2. The molecule has 0 saturated heterocycles. The van der Waals surface area contributed by atoms with Crippen LogP contribution >= 0.6 is 12.4 Å². The summed E-state index contributed by atoms with van der Waals surface area (Å²) in [5, 5.41) is 2.27. The lowest BCUT2D eigenvalue weighted by atomic mass is 9.65. The maximum absolute atomic E-state index is 13.4. The minimum atomic E-state index is -4.47. The predicted molar refractivity (Wildman–Crippen MR) is 96.9 cm³/mol. The summed E-state index contributed by atoms with van der Waals surface area (Å²) in [7, 11) is 0. The van der Waals surface area contributed by atoms with Gasteiger partial charge in [-0.05, 0) is 43.1 Å². The highest BCUT2D eigenvalue weighted by Gasteiger charge is 2.44. The Kier molecular flexibility index (Phi) is 6.97. The number of halogens is 4. The van der Waals surface area contributed by atoms with Gasteiger partial charge in [0.1, 0.15) is 6.04 Å². The van der Waals surface area contributed by atoms with Crippen molar-refractivity contribution in [2.24, 2.45) is 23.5 Å². The predicted octanol–water partition coefficient (Wildman–Crippen LogP) is 3.85. The molecule has 1 aromatic carbocycles. The van der Waals surface area contributed by atoms with Crippen LogP contribution in [0, 0.1) is 17.8 Å². The Bertz CT molecular complexity index is 582. The molecule has 7 heteroatoms. The van der Waals surface area contributed by atoms with Gasteiger partial charge in [0.15, 0.2) is 0 Å². The van der Waals surface area contributed by atoms with Crippen molar-refractivity contribution in [2.75, 3.05) is 0 Å². The van der Waals surface area contributed by atoms with Crippen molar-refractivity contribution in [3.8, 4) is 0 Å². The summed E-state index contributed by atoms with van der Waals surface area (Å²) in [6, 6.07) is 6.71. The molecular weight excluding hydrogens is 365 g/mol. The van der Waals surface area contributed by atoms with Gasteiger partial charge in [-0.25, -0.2) is 0 Å². The van der Waals surface area contributed by atoms with E-state index in [-0.39, 0.29) is 42.6 Å². The molecule has 0 aromatic heterocycles. The second kappa shape index (κ2) is 8.61. The first-order valence-corrected chi connectivity index (χ1v) is 9.01. The molecule has 2 aliphatic rings. The summed E-state index contributed by atoms with van der Waals surface area (Å²) in [4.78, 5) is 12.5. The maximum atomic E-state index is 13.4. The molecule has 3 atom stereocenters. The third-order valence-electron chi connectivity index (χ3n) is 5.78. The van der Waals surface area contributed by atoms with Crippen molar-refractivity contribution in [2.45, 2.75) is 56.8 Å². The van der Waals surface area contributed by atoms with Gasteiger partial charge < -0.3 is 11.1 Å². The van der Waals surface area contributed by atoms with Crippen molar-refractivity contribution in [1.82, 2.24) is 5.32 Å². The maximum Gasteiger partial charge on any atom is 0.408 e. The highest BCUT2D eigenvalue weighted by molar-refractivity contribution is 5.85. The molecule has 26 heavy (non-hydrogen) atoms. The number of carbonyl (C=O) groups is 1. The molecule has 3 N–H and O–H groups in total. The van der Waals surface area contributed by atoms with Crippen LogP contribution in [-0.2, 0) is 11.2 Å². The van der Waals surface area contributed by atoms with Gasteiger partial charge in [0, 0.05) is 18.4 Å². The summed E-state index contributed by atoms with van der Waals surface area (Å²) < 4.78 is 40.2. The molecule has 0 aliphatic heterocycles. The fourth-order valence-electron chi connectivity index (χ4n) is 4.39. The summed E-state index contributed by atoms with van der Waals surface area (Å²) in [6.07, 6.45) is -0.417. The summed E-state index contributed by atoms with van der Waals surface area (Å²) in [5.74, 6) is -0.291. The fourth-order valence-corrected chi connectivity index (χ4v) is 4.39. The van der Waals surface area contributed by atoms with E-state index in [9.17, 15) is 18.0 Å². The van der Waals surface area contributed by atoms with Gasteiger partial charge in [-0.1, -0.05) is 36.8 Å². The molecule has 3 nitrogen and oxygen atoms in total. The van der Waals surface area contributed by atoms with Crippen molar-refractivity contribution >= 4 is 18.3 Å². The van der Waals surface area contributed by atoms with Gasteiger partial charge in [-0.3, -0.25) is 4.79 Å². The number of alkyl halides is 3. The Morgan fingerprint density at radius 2 is 1.73 bits per heavy atom. The Hall–Kier alpha value is -1.27. The smallest absolute Gasteiger partial charge is 0.344 e. The van der Waals surface area contributed by atoms with Crippen molar-refractivity contribution < 1.29 is 18.0 Å². The average Bonchev–Trinajstić information content (AvgIpc) is 2.54. The molecule has 2 fully saturated rings. The van der Waals surface area contributed by atoms with E-state index in [1.165, 1.54) is 0 Å². The van der Waals surface area contributed by atoms with Crippen LogP contribution in [0.15, 0.2) is 30.3 Å². The summed E-state index contributed by atoms with van der Waals surface area (Å²) in [5.41, 5.74) is 6.77.